The van der Waals surface area contributed by atoms with Crippen molar-refractivity contribution in [2.24, 2.45) is 0 Å². The molecule has 1 N–H and O–H groups in total. The molecule has 1 aromatic carbocycles. The van der Waals surface area contributed by atoms with E-state index in [2.05, 4.69) is 15.2 Å². The molecule has 1 aromatic heterocycles. The van der Waals surface area contributed by atoms with E-state index in [-0.39, 0.29) is 12.0 Å². The van der Waals surface area contributed by atoms with Gasteiger partial charge >= 0.3 is 12.0 Å². The van der Waals surface area contributed by atoms with Crippen molar-refractivity contribution in [3.05, 3.63) is 41.4 Å². The number of amides is 2. The zero-order chi connectivity index (χ0) is 17.6. The molecule has 132 valence electrons. The maximum absolute atomic E-state index is 12.4. The fourth-order valence-corrected chi connectivity index (χ4v) is 3.28. The minimum Gasteiger partial charge on any atom is -0.462 e. The molecule has 0 saturated carbocycles. The SMILES string of the molecule is CCOC(=O)c1ccc(NC(=O)N2CCN(c3nccs3)CC2)cc1. The van der Waals surface area contributed by atoms with Crippen molar-refractivity contribution >= 4 is 34.2 Å². The monoisotopic (exact) mass is 360 g/mol. The van der Waals surface area contributed by atoms with Crippen LogP contribution in [0.15, 0.2) is 35.8 Å². The van der Waals surface area contributed by atoms with Gasteiger partial charge in [0.1, 0.15) is 0 Å². The third-order valence-electron chi connectivity index (χ3n) is 3.90. The van der Waals surface area contributed by atoms with Crippen LogP contribution >= 0.6 is 11.3 Å². The zero-order valence-electron chi connectivity index (χ0n) is 14.0. The third kappa shape index (κ3) is 4.27. The van der Waals surface area contributed by atoms with Crippen LogP contribution in [0, 0.1) is 0 Å². The molecule has 2 amide bonds. The second-order valence-electron chi connectivity index (χ2n) is 5.52. The summed E-state index contributed by atoms with van der Waals surface area (Å²) >= 11 is 1.61. The fraction of sp³-hybridized carbons (Fsp3) is 0.353. The highest BCUT2D eigenvalue weighted by Gasteiger charge is 2.22. The first-order valence-electron chi connectivity index (χ1n) is 8.15. The van der Waals surface area contributed by atoms with Crippen LogP contribution in [0.25, 0.3) is 0 Å². The van der Waals surface area contributed by atoms with Crippen LogP contribution in [0.5, 0.6) is 0 Å². The fourth-order valence-electron chi connectivity index (χ4n) is 2.58. The molecule has 7 nitrogen and oxygen atoms in total. The van der Waals surface area contributed by atoms with Crippen LogP contribution in [0.1, 0.15) is 17.3 Å². The molecule has 1 aliphatic rings. The van der Waals surface area contributed by atoms with Gasteiger partial charge in [0, 0.05) is 43.4 Å². The summed E-state index contributed by atoms with van der Waals surface area (Å²) < 4.78 is 4.94. The quantitative estimate of drug-likeness (QED) is 0.849. The van der Waals surface area contributed by atoms with Crippen LogP contribution in [0.3, 0.4) is 0 Å². The van der Waals surface area contributed by atoms with Crippen LogP contribution in [0.4, 0.5) is 15.6 Å². The second kappa shape index (κ2) is 7.98. The number of hydrogen-bond donors (Lipinski definition) is 1. The van der Waals surface area contributed by atoms with Crippen molar-refractivity contribution in [2.45, 2.75) is 6.92 Å². The van der Waals surface area contributed by atoms with Gasteiger partial charge in [0.2, 0.25) is 0 Å². The van der Waals surface area contributed by atoms with Crippen LogP contribution < -0.4 is 10.2 Å². The number of nitrogens with zero attached hydrogens (tertiary/aromatic N) is 3. The smallest absolute Gasteiger partial charge is 0.338 e. The van der Waals surface area contributed by atoms with Crippen LogP contribution in [0.2, 0.25) is 0 Å². The number of piperazine rings is 1. The number of thiazole rings is 1. The van der Waals surface area contributed by atoms with Gasteiger partial charge in [-0.05, 0) is 31.2 Å². The summed E-state index contributed by atoms with van der Waals surface area (Å²) in [4.78, 5) is 32.3. The topological polar surface area (TPSA) is 74.8 Å². The molecule has 0 atom stereocenters. The standard InChI is InChI=1S/C17H20N4O3S/c1-2-24-15(22)13-3-5-14(6-4-13)19-16(23)20-8-10-21(11-9-20)17-18-7-12-25-17/h3-7,12H,2,8-11H2,1H3,(H,19,23). The first-order valence-corrected chi connectivity index (χ1v) is 9.03. The number of nitrogens with one attached hydrogen (secondary N) is 1. The van der Waals surface area contributed by atoms with Gasteiger partial charge in [-0.2, -0.15) is 0 Å². The third-order valence-corrected chi connectivity index (χ3v) is 4.74. The van der Waals surface area contributed by atoms with E-state index in [1.807, 2.05) is 5.38 Å². The Morgan fingerprint density at radius 1 is 1.20 bits per heavy atom. The molecule has 2 heterocycles. The summed E-state index contributed by atoms with van der Waals surface area (Å²) in [7, 11) is 0. The molecule has 0 bridgehead atoms. The van der Waals surface area contributed by atoms with Crippen LogP contribution in [-0.4, -0.2) is 54.7 Å². The van der Waals surface area contributed by atoms with Crippen molar-refractivity contribution in [1.29, 1.82) is 0 Å². The van der Waals surface area contributed by atoms with E-state index < -0.39 is 0 Å². The molecule has 1 aliphatic heterocycles. The lowest BCUT2D eigenvalue weighted by Gasteiger charge is -2.34. The highest BCUT2D eigenvalue weighted by molar-refractivity contribution is 7.13. The molecule has 0 radical (unpaired) electrons. The average molecular weight is 360 g/mol. The number of ether oxygens (including phenoxy) is 1. The van der Waals surface area contributed by atoms with Gasteiger partial charge in [0.15, 0.2) is 5.13 Å². The molecule has 8 heteroatoms. The number of carbonyl (C=O) groups excluding carboxylic acids is 2. The Kier molecular flexibility index (Phi) is 5.49. The summed E-state index contributed by atoms with van der Waals surface area (Å²) in [6.07, 6.45) is 1.79. The van der Waals surface area contributed by atoms with Crippen molar-refractivity contribution in [3.63, 3.8) is 0 Å². The predicted molar refractivity (Wildman–Crippen MR) is 97.3 cm³/mol. The molecule has 0 spiro atoms. The van der Waals surface area contributed by atoms with Crippen molar-refractivity contribution < 1.29 is 14.3 Å². The molecular formula is C17H20N4O3S. The van der Waals surface area contributed by atoms with Crippen molar-refractivity contribution in [3.8, 4) is 0 Å². The summed E-state index contributed by atoms with van der Waals surface area (Å²) in [5, 5.41) is 5.81. The van der Waals surface area contributed by atoms with Crippen LogP contribution in [-0.2, 0) is 4.74 Å². The summed E-state index contributed by atoms with van der Waals surface area (Å²) in [5.74, 6) is -0.362. The summed E-state index contributed by atoms with van der Waals surface area (Å²) in [6.45, 7) is 4.93. The Morgan fingerprint density at radius 2 is 1.92 bits per heavy atom. The summed E-state index contributed by atoms with van der Waals surface area (Å²) in [5.41, 5.74) is 1.12. The van der Waals surface area contributed by atoms with Gasteiger partial charge in [0.05, 0.1) is 12.2 Å². The maximum atomic E-state index is 12.4. The highest BCUT2D eigenvalue weighted by atomic mass is 32.1. The highest BCUT2D eigenvalue weighted by Crippen LogP contribution is 2.19. The van der Waals surface area contributed by atoms with E-state index in [4.69, 9.17) is 4.74 Å². The van der Waals surface area contributed by atoms with Gasteiger partial charge in [0.25, 0.3) is 0 Å². The van der Waals surface area contributed by atoms with E-state index in [1.165, 1.54) is 0 Å². The first kappa shape index (κ1) is 17.2. The minimum atomic E-state index is -0.362. The number of rotatable bonds is 4. The van der Waals surface area contributed by atoms with Crippen molar-refractivity contribution in [2.75, 3.05) is 43.0 Å². The number of urea groups is 1. The molecular weight excluding hydrogens is 340 g/mol. The largest absolute Gasteiger partial charge is 0.462 e. The van der Waals surface area contributed by atoms with Gasteiger partial charge in [-0.15, -0.1) is 11.3 Å². The Bertz CT molecular complexity index is 710. The lowest BCUT2D eigenvalue weighted by Crippen LogP contribution is -2.50. The Morgan fingerprint density at radius 3 is 2.52 bits per heavy atom. The zero-order valence-corrected chi connectivity index (χ0v) is 14.8. The number of carbonyl (C=O) groups is 2. The van der Waals surface area contributed by atoms with E-state index in [1.54, 1.807) is 53.6 Å². The van der Waals surface area contributed by atoms with Gasteiger partial charge in [-0.25, -0.2) is 14.6 Å². The lowest BCUT2D eigenvalue weighted by atomic mass is 10.2. The first-order chi connectivity index (χ1) is 12.2. The molecule has 1 fully saturated rings. The minimum absolute atomic E-state index is 0.136. The molecule has 0 unspecified atom stereocenters. The average Bonchev–Trinajstić information content (AvgIpc) is 3.17. The number of benzene rings is 1. The number of aromatic nitrogens is 1. The Labute approximate surface area is 150 Å². The molecule has 0 aliphatic carbocycles. The summed E-state index contributed by atoms with van der Waals surface area (Å²) in [6, 6.07) is 6.57. The molecule has 2 aromatic rings. The molecule has 25 heavy (non-hydrogen) atoms. The lowest BCUT2D eigenvalue weighted by molar-refractivity contribution is 0.0526. The van der Waals surface area contributed by atoms with Gasteiger partial charge in [-0.1, -0.05) is 0 Å². The number of esters is 1. The van der Waals surface area contributed by atoms with Gasteiger partial charge in [-0.3, -0.25) is 0 Å². The second-order valence-corrected chi connectivity index (χ2v) is 6.39. The normalized spacial score (nSPS) is 14.3. The van der Waals surface area contributed by atoms with Crippen molar-refractivity contribution in [1.82, 2.24) is 9.88 Å². The Hall–Kier alpha value is -2.61. The number of hydrogen-bond acceptors (Lipinski definition) is 6. The van der Waals surface area contributed by atoms with Gasteiger partial charge < -0.3 is 19.9 Å². The van der Waals surface area contributed by atoms with E-state index >= 15 is 0 Å². The molecule has 3 rings (SSSR count). The van der Waals surface area contributed by atoms with E-state index in [0.717, 1.165) is 18.2 Å². The number of anilines is 2. The Balaban J connectivity index is 1.52. The predicted octanol–water partition coefficient (Wildman–Crippen LogP) is 2.67. The van der Waals surface area contributed by atoms with E-state index in [9.17, 15) is 9.59 Å². The van der Waals surface area contributed by atoms with E-state index in [0.29, 0.717) is 30.9 Å². The maximum Gasteiger partial charge on any atom is 0.338 e. The molecule has 1 saturated heterocycles.